The minimum atomic E-state index is 0.0278. The van der Waals surface area contributed by atoms with Gasteiger partial charge in [0, 0.05) is 25.8 Å². The van der Waals surface area contributed by atoms with Crippen molar-refractivity contribution in [1.29, 1.82) is 0 Å². The number of hydrogen-bond acceptors (Lipinski definition) is 3. The van der Waals surface area contributed by atoms with E-state index in [-0.39, 0.29) is 12.7 Å². The van der Waals surface area contributed by atoms with Crippen LogP contribution in [0.2, 0.25) is 0 Å². The fraction of sp³-hybridized carbons (Fsp3) is 0.263. The lowest BCUT2D eigenvalue weighted by Crippen LogP contribution is -2.22. The number of nitrogens with one attached hydrogen (secondary N) is 1. The van der Waals surface area contributed by atoms with Crippen molar-refractivity contribution in [2.75, 3.05) is 20.3 Å². The molecule has 0 radical (unpaired) electrons. The topological polar surface area (TPSA) is 30.5 Å². The van der Waals surface area contributed by atoms with Crippen molar-refractivity contribution in [2.24, 2.45) is 0 Å². The first-order valence-corrected chi connectivity index (χ1v) is 7.27. The molecule has 0 aliphatic heterocycles. The highest BCUT2D eigenvalue weighted by Gasteiger charge is 2.10. The van der Waals surface area contributed by atoms with E-state index in [1.807, 2.05) is 42.5 Å². The van der Waals surface area contributed by atoms with E-state index in [0.29, 0.717) is 6.54 Å². The summed E-state index contributed by atoms with van der Waals surface area (Å²) in [6.07, 6.45) is 5.27. The molecule has 3 heteroatoms. The maximum Gasteiger partial charge on any atom is 0.148 e. The van der Waals surface area contributed by atoms with Crippen LogP contribution in [-0.2, 0) is 11.3 Å². The standard InChI is InChI=1S/C19H21NO2/c1-3-13-22-18-12-8-7-11-17(18)14-20-15-19(21-2)16-9-5-4-6-10-16/h1,4-12,19-20H,13-15H2,2H3. The molecule has 0 saturated carbocycles. The van der Waals surface area contributed by atoms with Gasteiger partial charge in [0.2, 0.25) is 0 Å². The molecule has 0 heterocycles. The first-order valence-electron chi connectivity index (χ1n) is 7.27. The molecule has 0 aliphatic carbocycles. The number of rotatable bonds is 8. The van der Waals surface area contributed by atoms with Gasteiger partial charge in [0.15, 0.2) is 0 Å². The molecule has 0 bridgehead atoms. The number of methoxy groups -OCH3 is 1. The minimum absolute atomic E-state index is 0.0278. The van der Waals surface area contributed by atoms with Crippen LogP contribution in [0.1, 0.15) is 17.2 Å². The van der Waals surface area contributed by atoms with Gasteiger partial charge in [-0.15, -0.1) is 6.42 Å². The Bertz CT molecular complexity index is 604. The van der Waals surface area contributed by atoms with Crippen LogP contribution in [0.15, 0.2) is 54.6 Å². The first-order chi connectivity index (χ1) is 10.8. The molecule has 1 unspecified atom stereocenters. The van der Waals surface area contributed by atoms with Crippen LogP contribution < -0.4 is 10.1 Å². The molecule has 0 saturated heterocycles. The van der Waals surface area contributed by atoms with Crippen LogP contribution in [0.5, 0.6) is 5.75 Å². The highest BCUT2D eigenvalue weighted by molar-refractivity contribution is 5.33. The summed E-state index contributed by atoms with van der Waals surface area (Å²) in [6.45, 7) is 1.71. The Morgan fingerprint density at radius 2 is 1.82 bits per heavy atom. The summed E-state index contributed by atoms with van der Waals surface area (Å²) in [6, 6.07) is 18.1. The predicted octanol–water partition coefficient (Wildman–Crippen LogP) is 3.18. The molecule has 1 atom stereocenters. The molecule has 2 aromatic carbocycles. The average Bonchev–Trinajstić information content (AvgIpc) is 2.58. The molecule has 0 aromatic heterocycles. The van der Waals surface area contributed by atoms with Gasteiger partial charge >= 0.3 is 0 Å². The molecule has 114 valence electrons. The van der Waals surface area contributed by atoms with Gasteiger partial charge in [-0.2, -0.15) is 0 Å². The number of ether oxygens (including phenoxy) is 2. The average molecular weight is 295 g/mol. The lowest BCUT2D eigenvalue weighted by atomic mass is 10.1. The smallest absolute Gasteiger partial charge is 0.148 e. The second-order valence-electron chi connectivity index (χ2n) is 4.87. The van der Waals surface area contributed by atoms with Gasteiger partial charge in [-0.1, -0.05) is 54.5 Å². The molecule has 1 N–H and O–H groups in total. The second-order valence-corrected chi connectivity index (χ2v) is 4.87. The monoisotopic (exact) mass is 295 g/mol. The molecule has 2 aromatic rings. The van der Waals surface area contributed by atoms with Crippen molar-refractivity contribution in [2.45, 2.75) is 12.6 Å². The summed E-state index contributed by atoms with van der Waals surface area (Å²) in [4.78, 5) is 0. The fourth-order valence-electron chi connectivity index (χ4n) is 2.25. The van der Waals surface area contributed by atoms with Crippen LogP contribution in [0.25, 0.3) is 0 Å². The van der Waals surface area contributed by atoms with Gasteiger partial charge in [-0.25, -0.2) is 0 Å². The molecule has 2 rings (SSSR count). The predicted molar refractivity (Wildman–Crippen MR) is 88.7 cm³/mol. The van der Waals surface area contributed by atoms with Gasteiger partial charge in [0.1, 0.15) is 12.4 Å². The van der Waals surface area contributed by atoms with Crippen LogP contribution >= 0.6 is 0 Å². The van der Waals surface area contributed by atoms with Crippen LogP contribution in [0.3, 0.4) is 0 Å². The summed E-state index contributed by atoms with van der Waals surface area (Å²) in [5, 5.41) is 3.41. The molecule has 0 amide bonds. The summed E-state index contributed by atoms with van der Waals surface area (Å²) < 4.78 is 11.1. The highest BCUT2D eigenvalue weighted by atomic mass is 16.5. The Kier molecular flexibility index (Phi) is 6.50. The van der Waals surface area contributed by atoms with Crippen molar-refractivity contribution < 1.29 is 9.47 Å². The third-order valence-electron chi connectivity index (χ3n) is 3.38. The van der Waals surface area contributed by atoms with E-state index >= 15 is 0 Å². The zero-order valence-electron chi connectivity index (χ0n) is 12.8. The lowest BCUT2D eigenvalue weighted by Gasteiger charge is -2.17. The third-order valence-corrected chi connectivity index (χ3v) is 3.38. The Morgan fingerprint density at radius 3 is 2.55 bits per heavy atom. The molecule has 0 aliphatic rings. The zero-order chi connectivity index (χ0) is 15.6. The van der Waals surface area contributed by atoms with E-state index in [0.717, 1.165) is 23.4 Å². The number of hydrogen-bond donors (Lipinski definition) is 1. The molecule has 0 fully saturated rings. The number of para-hydroxylation sites is 1. The summed E-state index contributed by atoms with van der Waals surface area (Å²) in [5.74, 6) is 3.31. The third kappa shape index (κ3) is 4.63. The Balaban J connectivity index is 1.92. The number of terminal acetylenes is 1. The molecule has 3 nitrogen and oxygen atoms in total. The molecular weight excluding hydrogens is 274 g/mol. The highest BCUT2D eigenvalue weighted by Crippen LogP contribution is 2.19. The van der Waals surface area contributed by atoms with E-state index in [1.54, 1.807) is 7.11 Å². The molecule has 0 spiro atoms. The van der Waals surface area contributed by atoms with Crippen molar-refractivity contribution in [3.8, 4) is 18.1 Å². The maximum absolute atomic E-state index is 5.55. The van der Waals surface area contributed by atoms with E-state index in [2.05, 4.69) is 23.4 Å². The second kappa shape index (κ2) is 8.89. The zero-order valence-corrected chi connectivity index (χ0v) is 12.8. The van der Waals surface area contributed by atoms with Gasteiger partial charge in [0.25, 0.3) is 0 Å². The van der Waals surface area contributed by atoms with Crippen molar-refractivity contribution in [3.63, 3.8) is 0 Å². The van der Waals surface area contributed by atoms with Gasteiger partial charge in [-0.3, -0.25) is 0 Å². The maximum atomic E-state index is 5.55. The van der Waals surface area contributed by atoms with Gasteiger partial charge in [0.05, 0.1) is 6.10 Å². The summed E-state index contributed by atoms with van der Waals surface area (Å²) >= 11 is 0. The Hall–Kier alpha value is -2.28. The molecular formula is C19H21NO2. The Labute approximate surface area is 132 Å². The van der Waals surface area contributed by atoms with Crippen molar-refractivity contribution in [1.82, 2.24) is 5.32 Å². The minimum Gasteiger partial charge on any atom is -0.481 e. The van der Waals surface area contributed by atoms with Crippen LogP contribution in [0, 0.1) is 12.3 Å². The lowest BCUT2D eigenvalue weighted by molar-refractivity contribution is 0.102. The quantitative estimate of drug-likeness (QED) is 0.759. The largest absolute Gasteiger partial charge is 0.481 e. The summed E-state index contributed by atoms with van der Waals surface area (Å²) in [5.41, 5.74) is 2.25. The van der Waals surface area contributed by atoms with E-state index in [4.69, 9.17) is 15.9 Å². The first kappa shape index (κ1) is 16.1. The molecule has 22 heavy (non-hydrogen) atoms. The van der Waals surface area contributed by atoms with E-state index < -0.39 is 0 Å². The summed E-state index contributed by atoms with van der Waals surface area (Å²) in [7, 11) is 1.73. The number of benzene rings is 2. The Morgan fingerprint density at radius 1 is 1.09 bits per heavy atom. The van der Waals surface area contributed by atoms with Gasteiger partial charge in [-0.05, 0) is 11.6 Å². The van der Waals surface area contributed by atoms with E-state index in [9.17, 15) is 0 Å². The van der Waals surface area contributed by atoms with Crippen LogP contribution in [-0.4, -0.2) is 20.3 Å². The van der Waals surface area contributed by atoms with Crippen molar-refractivity contribution >= 4 is 0 Å². The normalized spacial score (nSPS) is 11.6. The van der Waals surface area contributed by atoms with E-state index in [1.165, 1.54) is 0 Å². The van der Waals surface area contributed by atoms with Crippen molar-refractivity contribution in [3.05, 3.63) is 65.7 Å². The van der Waals surface area contributed by atoms with Gasteiger partial charge < -0.3 is 14.8 Å². The SMILES string of the molecule is C#CCOc1ccccc1CNCC(OC)c1ccccc1. The fourth-order valence-corrected chi connectivity index (χ4v) is 2.25. The van der Waals surface area contributed by atoms with Crippen LogP contribution in [0.4, 0.5) is 0 Å².